The largest absolute Gasteiger partial charge is 0.405 e. The van der Waals surface area contributed by atoms with E-state index in [-0.39, 0.29) is 0 Å². The van der Waals surface area contributed by atoms with Crippen molar-refractivity contribution in [2.45, 2.75) is 6.92 Å². The van der Waals surface area contributed by atoms with Crippen LogP contribution in [-0.2, 0) is 0 Å². The molecule has 0 aliphatic carbocycles. The van der Waals surface area contributed by atoms with Gasteiger partial charge in [-0.25, -0.2) is 0 Å². The maximum Gasteiger partial charge on any atom is 0.223 e. The first kappa shape index (κ1) is 9.25. The highest BCUT2D eigenvalue weighted by atomic mass is 16.5. The van der Waals surface area contributed by atoms with E-state index < -0.39 is 0 Å². The lowest BCUT2D eigenvalue weighted by Crippen LogP contribution is -1.86. The van der Waals surface area contributed by atoms with E-state index >= 15 is 0 Å². The third-order valence-corrected chi connectivity index (χ3v) is 1.36. The van der Waals surface area contributed by atoms with E-state index in [4.69, 9.17) is 10.3 Å². The summed E-state index contributed by atoms with van der Waals surface area (Å²) in [4.78, 5) is 4.05. The van der Waals surface area contributed by atoms with Gasteiger partial charge in [0.05, 0.1) is 0 Å². The predicted octanol–water partition coefficient (Wildman–Crippen LogP) is 1.42. The fourth-order valence-corrected chi connectivity index (χ4v) is 0.852. The SMILES string of the molecule is C=C/C=C(\C=C/N)c1noc(C)n1. The minimum absolute atomic E-state index is 0.513. The van der Waals surface area contributed by atoms with Crippen molar-refractivity contribution in [2.75, 3.05) is 0 Å². The molecule has 0 radical (unpaired) electrons. The molecule has 13 heavy (non-hydrogen) atoms. The number of rotatable bonds is 3. The summed E-state index contributed by atoms with van der Waals surface area (Å²) in [5.74, 6) is 1.04. The summed E-state index contributed by atoms with van der Waals surface area (Å²) in [5.41, 5.74) is 6.03. The van der Waals surface area contributed by atoms with Gasteiger partial charge in [0.1, 0.15) is 0 Å². The van der Waals surface area contributed by atoms with Crippen LogP contribution < -0.4 is 5.73 Å². The molecule has 0 atom stereocenters. The molecule has 0 aromatic carbocycles. The molecule has 1 aromatic rings. The standard InChI is InChI=1S/C9H11N3O/c1-3-4-8(5-6-10)9-11-7(2)13-12-9/h3-6H,1,10H2,2H3/b6-5-,8-4+. The van der Waals surface area contributed by atoms with Gasteiger partial charge in [0, 0.05) is 12.5 Å². The van der Waals surface area contributed by atoms with Gasteiger partial charge >= 0.3 is 0 Å². The third-order valence-electron chi connectivity index (χ3n) is 1.36. The maximum atomic E-state index is 5.26. The Morgan fingerprint density at radius 2 is 2.38 bits per heavy atom. The summed E-state index contributed by atoms with van der Waals surface area (Å²) in [6.45, 7) is 5.31. The highest BCUT2D eigenvalue weighted by Gasteiger charge is 2.04. The van der Waals surface area contributed by atoms with Crippen LogP contribution in [0.1, 0.15) is 11.7 Å². The van der Waals surface area contributed by atoms with Crippen LogP contribution in [0.5, 0.6) is 0 Å². The van der Waals surface area contributed by atoms with Gasteiger partial charge in [0.2, 0.25) is 11.7 Å². The zero-order valence-corrected chi connectivity index (χ0v) is 7.40. The lowest BCUT2D eigenvalue weighted by atomic mass is 10.2. The summed E-state index contributed by atoms with van der Waals surface area (Å²) < 4.78 is 4.83. The van der Waals surface area contributed by atoms with Crippen LogP contribution in [0, 0.1) is 6.92 Å². The minimum Gasteiger partial charge on any atom is -0.405 e. The Balaban J connectivity index is 3.01. The molecule has 0 aliphatic heterocycles. The Morgan fingerprint density at radius 1 is 1.62 bits per heavy atom. The first-order valence-electron chi connectivity index (χ1n) is 3.79. The Kier molecular flexibility index (Phi) is 3.03. The Hall–Kier alpha value is -1.84. The molecule has 0 fully saturated rings. The molecule has 1 aromatic heterocycles. The summed E-state index contributed by atoms with van der Waals surface area (Å²) in [5, 5.41) is 3.74. The Morgan fingerprint density at radius 3 is 2.85 bits per heavy atom. The number of hydrogen-bond acceptors (Lipinski definition) is 4. The van der Waals surface area contributed by atoms with E-state index in [0.29, 0.717) is 11.7 Å². The van der Waals surface area contributed by atoms with E-state index in [2.05, 4.69) is 16.7 Å². The van der Waals surface area contributed by atoms with Gasteiger partial charge in [-0.3, -0.25) is 0 Å². The third kappa shape index (κ3) is 2.30. The highest BCUT2D eigenvalue weighted by Crippen LogP contribution is 2.11. The number of aromatic nitrogens is 2. The van der Waals surface area contributed by atoms with Crippen molar-refractivity contribution in [3.05, 3.63) is 42.7 Å². The van der Waals surface area contributed by atoms with Crippen molar-refractivity contribution in [1.82, 2.24) is 10.1 Å². The lowest BCUT2D eigenvalue weighted by Gasteiger charge is -1.90. The second kappa shape index (κ2) is 4.25. The fraction of sp³-hybridized carbons (Fsp3) is 0.111. The number of aryl methyl sites for hydroxylation is 1. The molecule has 0 unspecified atom stereocenters. The van der Waals surface area contributed by atoms with Crippen LogP contribution in [-0.4, -0.2) is 10.1 Å². The summed E-state index contributed by atoms with van der Waals surface area (Å²) in [6.07, 6.45) is 6.50. The van der Waals surface area contributed by atoms with Gasteiger partial charge in [-0.2, -0.15) is 4.98 Å². The first-order valence-corrected chi connectivity index (χ1v) is 3.79. The molecule has 68 valence electrons. The van der Waals surface area contributed by atoms with Gasteiger partial charge < -0.3 is 10.3 Å². The Bertz CT molecular complexity index is 349. The molecule has 0 bridgehead atoms. The molecule has 2 N–H and O–H groups in total. The second-order valence-corrected chi connectivity index (χ2v) is 2.35. The summed E-state index contributed by atoms with van der Waals surface area (Å²) in [7, 11) is 0. The van der Waals surface area contributed by atoms with Crippen LogP contribution in [0.2, 0.25) is 0 Å². The van der Waals surface area contributed by atoms with Crippen LogP contribution in [0.3, 0.4) is 0 Å². The quantitative estimate of drug-likeness (QED) is 0.709. The van der Waals surface area contributed by atoms with Crippen molar-refractivity contribution < 1.29 is 4.52 Å². The molecule has 4 nitrogen and oxygen atoms in total. The summed E-state index contributed by atoms with van der Waals surface area (Å²) in [6, 6.07) is 0. The van der Waals surface area contributed by atoms with E-state index in [9.17, 15) is 0 Å². The number of allylic oxidation sites excluding steroid dienone is 4. The van der Waals surface area contributed by atoms with Gasteiger partial charge in [-0.15, -0.1) is 0 Å². The molecule has 0 saturated heterocycles. The van der Waals surface area contributed by atoms with Crippen LogP contribution in [0.4, 0.5) is 0 Å². The number of nitrogens with zero attached hydrogens (tertiary/aromatic N) is 2. The van der Waals surface area contributed by atoms with Gasteiger partial charge in [-0.1, -0.05) is 23.9 Å². The van der Waals surface area contributed by atoms with E-state index in [1.54, 1.807) is 25.2 Å². The number of hydrogen-bond donors (Lipinski definition) is 1. The maximum absolute atomic E-state index is 5.26. The van der Waals surface area contributed by atoms with Crippen LogP contribution in [0.25, 0.3) is 5.57 Å². The van der Waals surface area contributed by atoms with Crippen molar-refractivity contribution in [3.8, 4) is 0 Å². The van der Waals surface area contributed by atoms with Crippen molar-refractivity contribution in [2.24, 2.45) is 5.73 Å². The minimum atomic E-state index is 0.513. The van der Waals surface area contributed by atoms with Crippen molar-refractivity contribution in [1.29, 1.82) is 0 Å². The normalized spacial score (nSPS) is 12.2. The monoisotopic (exact) mass is 177 g/mol. The van der Waals surface area contributed by atoms with Gasteiger partial charge in [-0.05, 0) is 12.3 Å². The zero-order chi connectivity index (χ0) is 9.68. The second-order valence-electron chi connectivity index (χ2n) is 2.35. The molecule has 1 rings (SSSR count). The molecular formula is C9H11N3O. The first-order chi connectivity index (χ1) is 6.27. The molecule has 4 heteroatoms. The highest BCUT2D eigenvalue weighted by molar-refractivity contribution is 5.70. The smallest absolute Gasteiger partial charge is 0.223 e. The molecule has 1 heterocycles. The van der Waals surface area contributed by atoms with Crippen molar-refractivity contribution in [3.63, 3.8) is 0 Å². The van der Waals surface area contributed by atoms with Gasteiger partial charge in [0.15, 0.2) is 0 Å². The average molecular weight is 177 g/mol. The zero-order valence-electron chi connectivity index (χ0n) is 7.40. The van der Waals surface area contributed by atoms with E-state index in [1.165, 1.54) is 6.20 Å². The van der Waals surface area contributed by atoms with Crippen LogP contribution >= 0.6 is 0 Å². The van der Waals surface area contributed by atoms with E-state index in [1.807, 2.05) is 0 Å². The number of nitrogens with two attached hydrogens (primary N) is 1. The Labute approximate surface area is 76.4 Å². The molecule has 0 amide bonds. The van der Waals surface area contributed by atoms with Crippen molar-refractivity contribution >= 4 is 5.57 Å². The van der Waals surface area contributed by atoms with E-state index in [0.717, 1.165) is 5.57 Å². The average Bonchev–Trinajstić information content (AvgIpc) is 2.51. The van der Waals surface area contributed by atoms with Gasteiger partial charge in [0.25, 0.3) is 0 Å². The summed E-state index contributed by atoms with van der Waals surface area (Å²) >= 11 is 0. The lowest BCUT2D eigenvalue weighted by molar-refractivity contribution is 0.391. The van der Waals surface area contributed by atoms with Crippen LogP contribution in [0.15, 0.2) is 35.5 Å². The molecule has 0 spiro atoms. The predicted molar refractivity (Wildman–Crippen MR) is 50.5 cm³/mol. The fourth-order valence-electron chi connectivity index (χ4n) is 0.852. The topological polar surface area (TPSA) is 64.9 Å². The molecule has 0 saturated carbocycles. The molecular weight excluding hydrogens is 166 g/mol. The molecule has 0 aliphatic rings.